The van der Waals surface area contributed by atoms with Gasteiger partial charge in [0.1, 0.15) is 12.6 Å². The molecular formula is C19H23N3O3S. The van der Waals surface area contributed by atoms with Crippen LogP contribution in [-0.4, -0.2) is 51.2 Å². The van der Waals surface area contributed by atoms with Gasteiger partial charge >= 0.3 is 0 Å². The summed E-state index contributed by atoms with van der Waals surface area (Å²) in [5, 5.41) is 0.646. The van der Waals surface area contributed by atoms with Crippen molar-refractivity contribution in [1.82, 2.24) is 13.8 Å². The molecule has 7 heteroatoms. The van der Waals surface area contributed by atoms with E-state index in [1.165, 1.54) is 21.9 Å². The van der Waals surface area contributed by atoms with Gasteiger partial charge in [0.2, 0.25) is 11.8 Å². The molecule has 2 amide bonds. The van der Waals surface area contributed by atoms with E-state index >= 15 is 0 Å². The smallest absolute Gasteiger partial charge is 0.268 e. The fourth-order valence-electron chi connectivity index (χ4n) is 3.98. The lowest BCUT2D eigenvalue weighted by molar-refractivity contribution is -0.144. The van der Waals surface area contributed by atoms with Gasteiger partial charge in [-0.1, -0.05) is 23.7 Å². The fourth-order valence-corrected chi connectivity index (χ4v) is 4.97. The highest BCUT2D eigenvalue weighted by atomic mass is 32.1. The molecule has 2 aliphatic heterocycles. The van der Waals surface area contributed by atoms with Gasteiger partial charge in [-0.05, 0) is 44.2 Å². The Morgan fingerprint density at radius 2 is 1.81 bits per heavy atom. The van der Waals surface area contributed by atoms with Crippen molar-refractivity contribution in [2.75, 3.05) is 19.6 Å². The maximum Gasteiger partial charge on any atom is 0.268 e. The molecule has 0 radical (unpaired) electrons. The van der Waals surface area contributed by atoms with Crippen molar-refractivity contribution in [3.63, 3.8) is 0 Å². The van der Waals surface area contributed by atoms with E-state index < -0.39 is 0 Å². The van der Waals surface area contributed by atoms with Crippen molar-refractivity contribution in [2.45, 2.75) is 44.7 Å². The largest absolute Gasteiger partial charge is 0.341 e. The number of carbonyl (C=O) groups is 2. The first-order valence-electron chi connectivity index (χ1n) is 9.32. The number of amides is 2. The number of hydrogen-bond acceptors (Lipinski definition) is 4. The predicted molar refractivity (Wildman–Crippen MR) is 101 cm³/mol. The Hall–Kier alpha value is -2.15. The summed E-state index contributed by atoms with van der Waals surface area (Å²) in [6.45, 7) is 2.21. The average Bonchev–Trinajstić information content (AvgIpc) is 3.28. The van der Waals surface area contributed by atoms with Gasteiger partial charge in [-0.15, -0.1) is 0 Å². The second-order valence-corrected chi connectivity index (χ2v) is 8.12. The number of hydrogen-bond donors (Lipinski definition) is 0. The minimum absolute atomic E-state index is 0.0158. The number of benzene rings is 1. The number of nitrogens with zero attached hydrogens (tertiary/aromatic N) is 3. The zero-order valence-corrected chi connectivity index (χ0v) is 15.5. The summed E-state index contributed by atoms with van der Waals surface area (Å²) < 4.78 is 2.39. The normalized spacial score (nSPS) is 20.7. The van der Waals surface area contributed by atoms with Crippen LogP contribution in [0.15, 0.2) is 29.1 Å². The van der Waals surface area contributed by atoms with Crippen molar-refractivity contribution in [1.29, 1.82) is 0 Å². The van der Waals surface area contributed by atoms with Crippen LogP contribution < -0.4 is 5.56 Å². The number of carbonyl (C=O) groups excluding carboxylic acids is 2. The molecule has 138 valence electrons. The number of fused-ring (bicyclic) bond motifs is 1. The maximum absolute atomic E-state index is 12.8. The first-order chi connectivity index (χ1) is 12.6. The third kappa shape index (κ3) is 3.16. The number of piperidine rings is 1. The minimum atomic E-state index is -0.356. The molecule has 2 aromatic rings. The molecule has 0 N–H and O–H groups in total. The third-order valence-electron chi connectivity index (χ3n) is 5.36. The summed E-state index contributed by atoms with van der Waals surface area (Å²) in [6.07, 6.45) is 4.83. The van der Waals surface area contributed by atoms with Crippen molar-refractivity contribution in [3.8, 4) is 0 Å². The highest BCUT2D eigenvalue weighted by molar-refractivity contribution is 7.13. The zero-order valence-electron chi connectivity index (χ0n) is 14.7. The lowest BCUT2D eigenvalue weighted by Crippen LogP contribution is -2.50. The van der Waals surface area contributed by atoms with E-state index in [0.29, 0.717) is 11.9 Å². The van der Waals surface area contributed by atoms with Gasteiger partial charge in [-0.25, -0.2) is 0 Å². The molecule has 0 aliphatic carbocycles. The Morgan fingerprint density at radius 1 is 1.04 bits per heavy atom. The molecule has 0 spiro atoms. The first-order valence-corrected chi connectivity index (χ1v) is 10.1. The average molecular weight is 373 g/mol. The Morgan fingerprint density at radius 3 is 2.58 bits per heavy atom. The number of likely N-dealkylation sites (tertiary alicyclic amines) is 2. The van der Waals surface area contributed by atoms with Crippen LogP contribution in [0.25, 0.3) is 10.1 Å². The molecular weight excluding hydrogens is 350 g/mol. The van der Waals surface area contributed by atoms with Crippen molar-refractivity contribution in [2.24, 2.45) is 0 Å². The monoisotopic (exact) mass is 373 g/mol. The van der Waals surface area contributed by atoms with Gasteiger partial charge in [0, 0.05) is 19.6 Å². The fraction of sp³-hybridized carbons (Fsp3) is 0.526. The summed E-state index contributed by atoms with van der Waals surface area (Å²) in [7, 11) is 0. The Labute approximate surface area is 156 Å². The van der Waals surface area contributed by atoms with Crippen LogP contribution in [0.2, 0.25) is 0 Å². The number of rotatable bonds is 3. The van der Waals surface area contributed by atoms with E-state index in [1.54, 1.807) is 11.0 Å². The lowest BCUT2D eigenvalue weighted by atomic mass is 10.1. The molecule has 6 nitrogen and oxygen atoms in total. The van der Waals surface area contributed by atoms with Gasteiger partial charge in [-0.3, -0.25) is 18.3 Å². The second kappa shape index (κ2) is 7.23. The van der Waals surface area contributed by atoms with E-state index in [9.17, 15) is 14.4 Å². The summed E-state index contributed by atoms with van der Waals surface area (Å²) in [5.41, 5.74) is -0.128. The van der Waals surface area contributed by atoms with E-state index in [-0.39, 0.29) is 30.0 Å². The Bertz CT molecular complexity index is 882. The number of aromatic nitrogens is 1. The van der Waals surface area contributed by atoms with Crippen LogP contribution in [-0.2, 0) is 16.1 Å². The molecule has 1 aromatic carbocycles. The molecule has 0 saturated carbocycles. The van der Waals surface area contributed by atoms with E-state index in [4.69, 9.17) is 0 Å². The van der Waals surface area contributed by atoms with Crippen LogP contribution in [0.5, 0.6) is 0 Å². The van der Waals surface area contributed by atoms with Gasteiger partial charge < -0.3 is 9.80 Å². The lowest BCUT2D eigenvalue weighted by Gasteiger charge is -2.32. The Kier molecular flexibility index (Phi) is 4.80. The molecule has 1 aromatic heterocycles. The SMILES string of the molecule is O=C([C@@H]1CCCN1C(=O)Cn1sc2ccccc2c1=O)N1CCCCC1. The maximum atomic E-state index is 12.8. The Balaban J connectivity index is 1.50. The van der Waals surface area contributed by atoms with Crippen LogP contribution in [0.4, 0.5) is 0 Å². The van der Waals surface area contributed by atoms with E-state index in [1.807, 2.05) is 23.1 Å². The van der Waals surface area contributed by atoms with Crippen molar-refractivity contribution >= 4 is 33.4 Å². The van der Waals surface area contributed by atoms with E-state index in [0.717, 1.165) is 43.5 Å². The van der Waals surface area contributed by atoms with E-state index in [2.05, 4.69) is 0 Å². The highest BCUT2D eigenvalue weighted by Crippen LogP contribution is 2.23. The molecule has 2 fully saturated rings. The summed E-state index contributed by atoms with van der Waals surface area (Å²) >= 11 is 1.31. The van der Waals surface area contributed by atoms with Crippen LogP contribution >= 0.6 is 11.5 Å². The zero-order chi connectivity index (χ0) is 18.1. The molecule has 4 rings (SSSR count). The van der Waals surface area contributed by atoms with Crippen molar-refractivity contribution in [3.05, 3.63) is 34.6 Å². The molecule has 3 heterocycles. The first kappa shape index (κ1) is 17.3. The standard InChI is InChI=1S/C19H23N3O3S/c23-17(13-22-18(24)14-7-2-3-9-16(14)26-22)21-12-6-8-15(21)19(25)20-10-4-1-5-11-20/h2-3,7,9,15H,1,4-6,8,10-13H2/t15-/m0/s1. The third-order valence-corrected chi connectivity index (χ3v) is 6.43. The molecule has 1 atom stereocenters. The summed E-state index contributed by atoms with van der Waals surface area (Å²) in [6, 6.07) is 7.04. The molecule has 26 heavy (non-hydrogen) atoms. The van der Waals surface area contributed by atoms with Crippen LogP contribution in [0.1, 0.15) is 32.1 Å². The predicted octanol–water partition coefficient (Wildman–Crippen LogP) is 2.07. The van der Waals surface area contributed by atoms with Gasteiger partial charge in [0.15, 0.2) is 0 Å². The van der Waals surface area contributed by atoms with Crippen molar-refractivity contribution < 1.29 is 9.59 Å². The molecule has 2 aliphatic rings. The summed E-state index contributed by atoms with van der Waals surface area (Å²) in [5.74, 6) is -0.0502. The highest BCUT2D eigenvalue weighted by Gasteiger charge is 2.36. The molecule has 0 bridgehead atoms. The summed E-state index contributed by atoms with van der Waals surface area (Å²) in [4.78, 5) is 41.8. The molecule has 0 unspecified atom stereocenters. The van der Waals surface area contributed by atoms with Gasteiger partial charge in [-0.2, -0.15) is 0 Å². The quantitative estimate of drug-likeness (QED) is 0.827. The topological polar surface area (TPSA) is 62.6 Å². The van der Waals surface area contributed by atoms with Gasteiger partial charge in [0.05, 0.1) is 10.1 Å². The second-order valence-electron chi connectivity index (χ2n) is 7.06. The molecule has 2 saturated heterocycles. The minimum Gasteiger partial charge on any atom is -0.341 e. The van der Waals surface area contributed by atoms with Crippen LogP contribution in [0.3, 0.4) is 0 Å². The van der Waals surface area contributed by atoms with Gasteiger partial charge in [0.25, 0.3) is 5.56 Å². The van der Waals surface area contributed by atoms with Crippen LogP contribution in [0, 0.1) is 0 Å².